The topological polar surface area (TPSA) is 38.0 Å². The molecule has 0 fully saturated rings. The number of nitrogens with one attached hydrogen (secondary N) is 1. The first-order valence-corrected chi connectivity index (χ1v) is 6.20. The molecule has 0 saturated heterocycles. The molecule has 0 aliphatic heterocycles. The molecule has 2 unspecified atom stereocenters. The number of rotatable bonds is 5. The van der Waals surface area contributed by atoms with Crippen molar-refractivity contribution in [2.24, 2.45) is 11.7 Å². The Hall–Kier alpha value is -0.280. The van der Waals surface area contributed by atoms with Gasteiger partial charge in [-0.2, -0.15) is 0 Å². The number of benzene rings is 1. The van der Waals surface area contributed by atoms with Gasteiger partial charge in [0.05, 0.1) is 10.0 Å². The highest BCUT2D eigenvalue weighted by Crippen LogP contribution is 2.28. The van der Waals surface area contributed by atoms with E-state index in [2.05, 4.69) is 12.2 Å². The highest BCUT2D eigenvalue weighted by atomic mass is 35.5. The zero-order valence-electron chi connectivity index (χ0n) is 9.63. The second-order valence-electron chi connectivity index (χ2n) is 3.93. The Morgan fingerprint density at radius 1 is 1.31 bits per heavy atom. The lowest BCUT2D eigenvalue weighted by molar-refractivity contribution is 0.403. The molecule has 16 heavy (non-hydrogen) atoms. The summed E-state index contributed by atoms with van der Waals surface area (Å²) in [5, 5.41) is 4.29. The first-order chi connectivity index (χ1) is 7.60. The smallest absolute Gasteiger partial charge is 0.0595 e. The highest BCUT2D eigenvalue weighted by Gasteiger charge is 2.17. The van der Waals surface area contributed by atoms with E-state index in [1.807, 2.05) is 19.2 Å². The van der Waals surface area contributed by atoms with E-state index >= 15 is 0 Å². The van der Waals surface area contributed by atoms with Crippen LogP contribution in [0.2, 0.25) is 10.0 Å². The molecule has 1 aromatic rings. The Kier molecular flexibility index (Phi) is 5.56. The maximum absolute atomic E-state index is 6.21. The van der Waals surface area contributed by atoms with Gasteiger partial charge in [0.15, 0.2) is 0 Å². The number of nitrogens with two attached hydrogens (primary N) is 1. The van der Waals surface area contributed by atoms with Crippen molar-refractivity contribution < 1.29 is 0 Å². The van der Waals surface area contributed by atoms with Gasteiger partial charge in [-0.1, -0.05) is 42.6 Å². The molecular formula is C12H18Cl2N2. The van der Waals surface area contributed by atoms with Crippen LogP contribution in [0.1, 0.15) is 24.9 Å². The van der Waals surface area contributed by atoms with Crippen molar-refractivity contribution in [3.05, 3.63) is 33.8 Å². The summed E-state index contributed by atoms with van der Waals surface area (Å²) < 4.78 is 0. The minimum absolute atomic E-state index is 0.00721. The monoisotopic (exact) mass is 260 g/mol. The average Bonchev–Trinajstić information content (AvgIpc) is 2.28. The van der Waals surface area contributed by atoms with Crippen molar-refractivity contribution >= 4 is 23.2 Å². The van der Waals surface area contributed by atoms with E-state index in [0.717, 1.165) is 18.5 Å². The standard InChI is InChI=1S/C12H18Cl2N2/c1-3-8(7-16-2)12(15)9-4-5-10(13)11(14)6-9/h4-6,8,12,16H,3,7,15H2,1-2H3. The van der Waals surface area contributed by atoms with E-state index in [9.17, 15) is 0 Å². The molecular weight excluding hydrogens is 243 g/mol. The molecule has 0 spiro atoms. The molecule has 0 aliphatic carbocycles. The van der Waals surface area contributed by atoms with Crippen LogP contribution in [-0.2, 0) is 0 Å². The zero-order chi connectivity index (χ0) is 12.1. The van der Waals surface area contributed by atoms with Gasteiger partial charge in [-0.15, -0.1) is 0 Å². The number of halogens is 2. The van der Waals surface area contributed by atoms with Crippen LogP contribution in [0.15, 0.2) is 18.2 Å². The molecule has 0 bridgehead atoms. The quantitative estimate of drug-likeness (QED) is 0.853. The van der Waals surface area contributed by atoms with Gasteiger partial charge in [0.2, 0.25) is 0 Å². The summed E-state index contributed by atoms with van der Waals surface area (Å²) in [5.74, 6) is 0.405. The van der Waals surface area contributed by atoms with Crippen LogP contribution in [0, 0.1) is 5.92 Å². The molecule has 0 aromatic heterocycles. The first-order valence-electron chi connectivity index (χ1n) is 5.45. The third-order valence-electron chi connectivity index (χ3n) is 2.83. The van der Waals surface area contributed by atoms with Crippen molar-refractivity contribution in [2.75, 3.05) is 13.6 Å². The SMILES string of the molecule is CCC(CNC)C(N)c1ccc(Cl)c(Cl)c1. The Morgan fingerprint density at radius 2 is 2.00 bits per heavy atom. The van der Waals surface area contributed by atoms with Crippen molar-refractivity contribution in [1.29, 1.82) is 0 Å². The largest absolute Gasteiger partial charge is 0.324 e. The van der Waals surface area contributed by atoms with Crippen LogP contribution in [0.5, 0.6) is 0 Å². The van der Waals surface area contributed by atoms with Crippen molar-refractivity contribution in [1.82, 2.24) is 5.32 Å². The summed E-state index contributed by atoms with van der Waals surface area (Å²) in [6.45, 7) is 3.04. The second kappa shape index (κ2) is 6.45. The minimum Gasteiger partial charge on any atom is -0.324 e. The summed E-state index contributed by atoms with van der Waals surface area (Å²) >= 11 is 11.9. The van der Waals surface area contributed by atoms with Gasteiger partial charge in [0, 0.05) is 6.04 Å². The minimum atomic E-state index is -0.00721. The molecule has 0 amide bonds. The Balaban J connectivity index is 2.85. The molecule has 1 aromatic carbocycles. The van der Waals surface area contributed by atoms with Gasteiger partial charge in [0.1, 0.15) is 0 Å². The Labute approximate surface area is 107 Å². The number of hydrogen-bond donors (Lipinski definition) is 2. The molecule has 1 rings (SSSR count). The molecule has 90 valence electrons. The fourth-order valence-electron chi connectivity index (χ4n) is 1.78. The van der Waals surface area contributed by atoms with E-state index in [4.69, 9.17) is 28.9 Å². The van der Waals surface area contributed by atoms with Gasteiger partial charge in [-0.05, 0) is 37.2 Å². The lowest BCUT2D eigenvalue weighted by Crippen LogP contribution is -2.29. The van der Waals surface area contributed by atoms with E-state index < -0.39 is 0 Å². The van der Waals surface area contributed by atoms with Gasteiger partial charge in [-0.25, -0.2) is 0 Å². The lowest BCUT2D eigenvalue weighted by Gasteiger charge is -2.23. The normalized spacial score (nSPS) is 14.8. The van der Waals surface area contributed by atoms with Gasteiger partial charge < -0.3 is 11.1 Å². The van der Waals surface area contributed by atoms with Crippen molar-refractivity contribution in [2.45, 2.75) is 19.4 Å². The molecule has 2 nitrogen and oxygen atoms in total. The van der Waals surface area contributed by atoms with E-state index in [0.29, 0.717) is 16.0 Å². The molecule has 3 N–H and O–H groups in total. The van der Waals surface area contributed by atoms with Gasteiger partial charge >= 0.3 is 0 Å². The van der Waals surface area contributed by atoms with Crippen LogP contribution in [0.25, 0.3) is 0 Å². The lowest BCUT2D eigenvalue weighted by atomic mass is 9.91. The average molecular weight is 261 g/mol. The molecule has 0 aliphatic rings. The first kappa shape index (κ1) is 13.8. The van der Waals surface area contributed by atoms with Crippen LogP contribution < -0.4 is 11.1 Å². The Bertz CT molecular complexity index is 342. The summed E-state index contributed by atoms with van der Waals surface area (Å²) in [4.78, 5) is 0. The molecule has 0 heterocycles. The predicted octanol–water partition coefficient (Wildman–Crippen LogP) is 3.24. The van der Waals surface area contributed by atoms with Crippen LogP contribution >= 0.6 is 23.2 Å². The fraction of sp³-hybridized carbons (Fsp3) is 0.500. The zero-order valence-corrected chi connectivity index (χ0v) is 11.1. The van der Waals surface area contributed by atoms with Gasteiger partial charge in [0.25, 0.3) is 0 Å². The summed E-state index contributed by atoms with van der Waals surface area (Å²) in [6, 6.07) is 5.59. The maximum Gasteiger partial charge on any atom is 0.0595 e. The van der Waals surface area contributed by atoms with Crippen LogP contribution in [-0.4, -0.2) is 13.6 Å². The molecule has 2 atom stereocenters. The third kappa shape index (κ3) is 3.36. The van der Waals surface area contributed by atoms with Crippen LogP contribution in [0.3, 0.4) is 0 Å². The maximum atomic E-state index is 6.21. The van der Waals surface area contributed by atoms with E-state index in [-0.39, 0.29) is 6.04 Å². The Morgan fingerprint density at radius 3 is 2.50 bits per heavy atom. The van der Waals surface area contributed by atoms with E-state index in [1.165, 1.54) is 0 Å². The molecule has 0 saturated carbocycles. The van der Waals surface area contributed by atoms with E-state index in [1.54, 1.807) is 6.07 Å². The molecule has 0 radical (unpaired) electrons. The summed E-state index contributed by atoms with van der Waals surface area (Å²) in [5.41, 5.74) is 7.25. The van der Waals surface area contributed by atoms with Gasteiger partial charge in [-0.3, -0.25) is 0 Å². The van der Waals surface area contributed by atoms with Crippen molar-refractivity contribution in [3.8, 4) is 0 Å². The summed E-state index contributed by atoms with van der Waals surface area (Å²) in [6.07, 6.45) is 1.03. The van der Waals surface area contributed by atoms with Crippen molar-refractivity contribution in [3.63, 3.8) is 0 Å². The third-order valence-corrected chi connectivity index (χ3v) is 3.57. The highest BCUT2D eigenvalue weighted by molar-refractivity contribution is 6.42. The second-order valence-corrected chi connectivity index (χ2v) is 4.74. The van der Waals surface area contributed by atoms with Crippen LogP contribution in [0.4, 0.5) is 0 Å². The fourth-order valence-corrected chi connectivity index (χ4v) is 2.09. The summed E-state index contributed by atoms with van der Waals surface area (Å²) in [7, 11) is 1.93. The molecule has 4 heteroatoms. The predicted molar refractivity (Wildman–Crippen MR) is 71.1 cm³/mol. The number of hydrogen-bond acceptors (Lipinski definition) is 2.